The van der Waals surface area contributed by atoms with Crippen molar-refractivity contribution >= 4 is 0 Å². The molecule has 1 unspecified atom stereocenters. The number of nitrogens with two attached hydrogens (primary N) is 1. The molecular weight excluding hydrogens is 182 g/mol. The Balaban J connectivity index is 4.28. The summed E-state index contributed by atoms with van der Waals surface area (Å²) in [5.41, 5.74) is 6.16. The molecule has 0 spiro atoms. The van der Waals surface area contributed by atoms with Crippen LogP contribution in [0, 0.1) is 11.3 Å². The van der Waals surface area contributed by atoms with Gasteiger partial charge in [0.1, 0.15) is 0 Å². The quantitative estimate of drug-likeness (QED) is 0.566. The summed E-state index contributed by atoms with van der Waals surface area (Å²) >= 11 is 0. The van der Waals surface area contributed by atoms with E-state index in [1.54, 1.807) is 0 Å². The maximum absolute atomic E-state index is 5.58. The Morgan fingerprint density at radius 3 is 2.07 bits per heavy atom. The standard InChI is InChI=1S/C14H31N/c1-5-10-13(4)14(6-2,7-3)11-8-9-12-15/h13H,5-12,15H2,1-4H3. The smallest absolute Gasteiger partial charge is 0.00773 e. The molecule has 0 bridgehead atoms. The van der Waals surface area contributed by atoms with E-state index < -0.39 is 0 Å². The first-order valence-electron chi connectivity index (χ1n) is 6.86. The monoisotopic (exact) mass is 213 g/mol. The van der Waals surface area contributed by atoms with E-state index >= 15 is 0 Å². The van der Waals surface area contributed by atoms with Gasteiger partial charge in [0.25, 0.3) is 0 Å². The molecule has 0 aliphatic heterocycles. The van der Waals surface area contributed by atoms with Crippen LogP contribution in [-0.2, 0) is 0 Å². The highest BCUT2D eigenvalue weighted by molar-refractivity contribution is 4.82. The third-order valence-corrected chi connectivity index (χ3v) is 4.30. The molecule has 1 atom stereocenters. The molecule has 15 heavy (non-hydrogen) atoms. The van der Waals surface area contributed by atoms with Gasteiger partial charge >= 0.3 is 0 Å². The zero-order valence-electron chi connectivity index (χ0n) is 11.3. The SMILES string of the molecule is CCCC(C)C(CC)(CC)CCCCN. The Morgan fingerprint density at radius 1 is 1.07 bits per heavy atom. The van der Waals surface area contributed by atoms with Gasteiger partial charge in [-0.2, -0.15) is 0 Å². The van der Waals surface area contributed by atoms with E-state index in [-0.39, 0.29) is 0 Å². The van der Waals surface area contributed by atoms with Crippen molar-refractivity contribution in [2.45, 2.75) is 72.6 Å². The molecule has 1 heteroatoms. The molecule has 0 amide bonds. The van der Waals surface area contributed by atoms with Crippen molar-refractivity contribution in [1.29, 1.82) is 0 Å². The van der Waals surface area contributed by atoms with Crippen LogP contribution in [0.5, 0.6) is 0 Å². The van der Waals surface area contributed by atoms with Gasteiger partial charge in [0.2, 0.25) is 0 Å². The number of hydrogen-bond donors (Lipinski definition) is 1. The summed E-state index contributed by atoms with van der Waals surface area (Å²) in [6.45, 7) is 10.3. The second kappa shape index (κ2) is 8.15. The molecule has 0 fully saturated rings. The highest BCUT2D eigenvalue weighted by Gasteiger charge is 2.31. The van der Waals surface area contributed by atoms with Crippen LogP contribution in [0.3, 0.4) is 0 Å². The summed E-state index contributed by atoms with van der Waals surface area (Å²) in [6, 6.07) is 0. The van der Waals surface area contributed by atoms with Gasteiger partial charge in [-0.1, -0.05) is 59.8 Å². The minimum Gasteiger partial charge on any atom is -0.330 e. The fraction of sp³-hybridized carbons (Fsp3) is 1.00. The van der Waals surface area contributed by atoms with Crippen molar-refractivity contribution < 1.29 is 0 Å². The molecule has 0 radical (unpaired) electrons. The lowest BCUT2D eigenvalue weighted by Gasteiger charge is -2.38. The summed E-state index contributed by atoms with van der Waals surface area (Å²) in [5.74, 6) is 0.871. The first-order chi connectivity index (χ1) is 7.16. The first kappa shape index (κ1) is 15.0. The summed E-state index contributed by atoms with van der Waals surface area (Å²) < 4.78 is 0. The van der Waals surface area contributed by atoms with E-state index in [1.165, 1.54) is 44.9 Å². The maximum atomic E-state index is 5.58. The van der Waals surface area contributed by atoms with Crippen molar-refractivity contribution in [3.63, 3.8) is 0 Å². The molecule has 0 aromatic heterocycles. The number of hydrogen-bond acceptors (Lipinski definition) is 1. The van der Waals surface area contributed by atoms with E-state index in [1.807, 2.05) is 0 Å². The molecule has 0 aromatic carbocycles. The predicted octanol–water partition coefficient (Wildman–Crippen LogP) is 4.36. The second-order valence-electron chi connectivity index (χ2n) is 5.00. The van der Waals surface area contributed by atoms with E-state index in [2.05, 4.69) is 27.7 Å². The molecule has 0 heterocycles. The zero-order valence-corrected chi connectivity index (χ0v) is 11.3. The third kappa shape index (κ3) is 4.55. The van der Waals surface area contributed by atoms with Crippen LogP contribution in [-0.4, -0.2) is 6.54 Å². The van der Waals surface area contributed by atoms with Gasteiger partial charge in [-0.15, -0.1) is 0 Å². The fourth-order valence-corrected chi connectivity index (χ4v) is 2.91. The fourth-order valence-electron chi connectivity index (χ4n) is 2.91. The lowest BCUT2D eigenvalue weighted by Crippen LogP contribution is -2.28. The summed E-state index contributed by atoms with van der Waals surface area (Å²) in [5, 5.41) is 0. The highest BCUT2D eigenvalue weighted by atomic mass is 14.5. The van der Waals surface area contributed by atoms with Crippen molar-refractivity contribution in [3.05, 3.63) is 0 Å². The van der Waals surface area contributed by atoms with Crippen LogP contribution in [0.1, 0.15) is 72.6 Å². The minimum atomic E-state index is 0.588. The van der Waals surface area contributed by atoms with Gasteiger partial charge < -0.3 is 5.73 Å². The number of rotatable bonds is 9. The molecular formula is C14H31N. The van der Waals surface area contributed by atoms with E-state index in [9.17, 15) is 0 Å². The molecule has 1 nitrogen and oxygen atoms in total. The molecule has 92 valence electrons. The highest BCUT2D eigenvalue weighted by Crippen LogP contribution is 2.42. The van der Waals surface area contributed by atoms with Crippen LogP contribution >= 0.6 is 0 Å². The Morgan fingerprint density at radius 2 is 1.67 bits per heavy atom. The minimum absolute atomic E-state index is 0.588. The van der Waals surface area contributed by atoms with E-state index in [0.29, 0.717) is 5.41 Å². The van der Waals surface area contributed by atoms with Gasteiger partial charge in [-0.25, -0.2) is 0 Å². The van der Waals surface area contributed by atoms with Gasteiger partial charge in [-0.3, -0.25) is 0 Å². The molecule has 0 aromatic rings. The van der Waals surface area contributed by atoms with Gasteiger partial charge in [0.05, 0.1) is 0 Å². The van der Waals surface area contributed by atoms with Crippen LogP contribution < -0.4 is 5.73 Å². The van der Waals surface area contributed by atoms with Crippen LogP contribution in [0.2, 0.25) is 0 Å². The van der Waals surface area contributed by atoms with Crippen LogP contribution in [0.15, 0.2) is 0 Å². The molecule has 2 N–H and O–H groups in total. The number of unbranched alkanes of at least 4 members (excludes halogenated alkanes) is 1. The van der Waals surface area contributed by atoms with E-state index in [0.717, 1.165) is 12.5 Å². The van der Waals surface area contributed by atoms with Gasteiger partial charge in [0.15, 0.2) is 0 Å². The van der Waals surface area contributed by atoms with Crippen molar-refractivity contribution in [3.8, 4) is 0 Å². The Kier molecular flexibility index (Phi) is 8.13. The summed E-state index contributed by atoms with van der Waals surface area (Å²) in [7, 11) is 0. The largest absolute Gasteiger partial charge is 0.330 e. The normalized spacial score (nSPS) is 14.2. The van der Waals surface area contributed by atoms with Gasteiger partial charge in [-0.05, 0) is 30.7 Å². The average Bonchev–Trinajstić information content (AvgIpc) is 2.25. The average molecular weight is 213 g/mol. The topological polar surface area (TPSA) is 26.0 Å². The van der Waals surface area contributed by atoms with Crippen molar-refractivity contribution in [1.82, 2.24) is 0 Å². The molecule has 0 saturated heterocycles. The molecule has 0 saturated carbocycles. The summed E-state index contributed by atoms with van der Waals surface area (Å²) in [6.07, 6.45) is 9.24. The van der Waals surface area contributed by atoms with Crippen LogP contribution in [0.4, 0.5) is 0 Å². The van der Waals surface area contributed by atoms with Crippen LogP contribution in [0.25, 0.3) is 0 Å². The van der Waals surface area contributed by atoms with Crippen molar-refractivity contribution in [2.75, 3.05) is 6.54 Å². The lowest BCUT2D eigenvalue weighted by molar-refractivity contribution is 0.127. The Hall–Kier alpha value is -0.0400. The third-order valence-electron chi connectivity index (χ3n) is 4.30. The Bertz CT molecular complexity index is 138. The van der Waals surface area contributed by atoms with Crippen molar-refractivity contribution in [2.24, 2.45) is 17.1 Å². The molecule has 0 aliphatic carbocycles. The Labute approximate surface area is 96.8 Å². The molecule has 0 rings (SSSR count). The van der Waals surface area contributed by atoms with Gasteiger partial charge in [0, 0.05) is 0 Å². The first-order valence-corrected chi connectivity index (χ1v) is 6.86. The summed E-state index contributed by atoms with van der Waals surface area (Å²) in [4.78, 5) is 0. The second-order valence-corrected chi connectivity index (χ2v) is 5.00. The lowest BCUT2D eigenvalue weighted by atomic mass is 9.67. The predicted molar refractivity (Wildman–Crippen MR) is 70.0 cm³/mol. The van der Waals surface area contributed by atoms with E-state index in [4.69, 9.17) is 5.73 Å². The maximum Gasteiger partial charge on any atom is -0.00773 e. The zero-order chi connectivity index (χ0) is 11.7. The molecule has 0 aliphatic rings.